The van der Waals surface area contributed by atoms with Crippen molar-refractivity contribution >= 4 is 29.5 Å². The van der Waals surface area contributed by atoms with E-state index < -0.39 is 0 Å². The Bertz CT molecular complexity index is 961. The van der Waals surface area contributed by atoms with Gasteiger partial charge in [0.1, 0.15) is 5.82 Å². The van der Waals surface area contributed by atoms with E-state index in [9.17, 15) is 14.0 Å². The van der Waals surface area contributed by atoms with E-state index in [0.717, 1.165) is 5.56 Å². The molecular weight excluding hydrogens is 435 g/mol. The first kappa shape index (κ1) is 25.2. The van der Waals surface area contributed by atoms with Crippen molar-refractivity contribution in [2.45, 2.75) is 33.4 Å². The van der Waals surface area contributed by atoms with E-state index >= 15 is 0 Å². The molecule has 0 aromatic heterocycles. The number of hydrogen-bond donors (Lipinski definition) is 1. The Labute approximate surface area is 193 Å². The summed E-state index contributed by atoms with van der Waals surface area (Å²) in [4.78, 5) is 26.2. The molecule has 8 heteroatoms. The predicted octanol–water partition coefficient (Wildman–Crippen LogP) is 4.45. The van der Waals surface area contributed by atoms with Crippen LogP contribution in [0.4, 0.5) is 4.39 Å². The first-order valence-corrected chi connectivity index (χ1v) is 10.6. The molecule has 0 aliphatic rings. The molecule has 0 saturated heterocycles. The predicted molar refractivity (Wildman–Crippen MR) is 123 cm³/mol. The van der Waals surface area contributed by atoms with E-state index in [1.165, 1.54) is 30.2 Å². The molecule has 0 spiro atoms. The largest absolute Gasteiger partial charge is 0.493 e. The van der Waals surface area contributed by atoms with Gasteiger partial charge in [0.05, 0.1) is 24.8 Å². The van der Waals surface area contributed by atoms with Gasteiger partial charge in [-0.25, -0.2) is 4.39 Å². The number of nitrogens with zero attached hydrogens (tertiary/aromatic N) is 1. The number of methoxy groups -OCH3 is 1. The van der Waals surface area contributed by atoms with Gasteiger partial charge >= 0.3 is 0 Å². The lowest BCUT2D eigenvalue weighted by molar-refractivity contribution is -0.132. The fraction of sp³-hybridized carbons (Fsp3) is 0.333. The standard InChI is InChI=1S/C24H28ClFN2O4/c1-5-28(15-22(29)27-14-17-6-9-19(26)10-7-17)23(30)11-8-18-12-20(25)24(32-16(2)3)21(13-18)31-4/h6-13,16H,5,14-15H2,1-4H3,(H,27,29). The van der Waals surface area contributed by atoms with Crippen molar-refractivity contribution in [3.8, 4) is 11.5 Å². The van der Waals surface area contributed by atoms with Gasteiger partial charge in [0.15, 0.2) is 11.5 Å². The number of halogens is 2. The lowest BCUT2D eigenvalue weighted by Crippen LogP contribution is -2.39. The molecule has 2 aromatic rings. The molecule has 0 saturated carbocycles. The highest BCUT2D eigenvalue weighted by Gasteiger charge is 2.15. The number of hydrogen-bond acceptors (Lipinski definition) is 4. The summed E-state index contributed by atoms with van der Waals surface area (Å²) in [6.07, 6.45) is 2.91. The molecule has 0 radical (unpaired) electrons. The molecule has 0 aliphatic heterocycles. The van der Waals surface area contributed by atoms with Crippen LogP contribution in [0.1, 0.15) is 31.9 Å². The molecule has 0 unspecified atom stereocenters. The Hall–Kier alpha value is -3.06. The fourth-order valence-electron chi connectivity index (χ4n) is 2.84. The van der Waals surface area contributed by atoms with E-state index in [2.05, 4.69) is 5.32 Å². The van der Waals surface area contributed by atoms with Gasteiger partial charge in [-0.3, -0.25) is 9.59 Å². The summed E-state index contributed by atoms with van der Waals surface area (Å²) < 4.78 is 24.0. The molecule has 0 atom stereocenters. The van der Waals surface area contributed by atoms with Crippen molar-refractivity contribution in [2.24, 2.45) is 0 Å². The van der Waals surface area contributed by atoms with Crippen LogP contribution >= 0.6 is 11.6 Å². The van der Waals surface area contributed by atoms with Gasteiger partial charge in [-0.1, -0.05) is 23.7 Å². The number of rotatable bonds is 10. The Morgan fingerprint density at radius 1 is 1.22 bits per heavy atom. The molecule has 2 aromatic carbocycles. The monoisotopic (exact) mass is 462 g/mol. The highest BCUT2D eigenvalue weighted by molar-refractivity contribution is 6.32. The topological polar surface area (TPSA) is 67.9 Å². The van der Waals surface area contributed by atoms with Crippen LogP contribution in [-0.4, -0.2) is 43.0 Å². The summed E-state index contributed by atoms with van der Waals surface area (Å²) in [6, 6.07) is 9.25. The van der Waals surface area contributed by atoms with E-state index in [1.54, 1.807) is 37.3 Å². The van der Waals surface area contributed by atoms with Crippen LogP contribution in [0.3, 0.4) is 0 Å². The Morgan fingerprint density at radius 3 is 2.50 bits per heavy atom. The van der Waals surface area contributed by atoms with Crippen LogP contribution in [-0.2, 0) is 16.1 Å². The van der Waals surface area contributed by atoms with E-state index in [0.29, 0.717) is 28.6 Å². The third-order valence-corrected chi connectivity index (χ3v) is 4.74. The van der Waals surface area contributed by atoms with Gasteiger partial charge in [0.25, 0.3) is 0 Å². The Kier molecular flexibility index (Phi) is 9.53. The fourth-order valence-corrected chi connectivity index (χ4v) is 3.10. The van der Waals surface area contributed by atoms with Crippen LogP contribution in [0.2, 0.25) is 5.02 Å². The van der Waals surface area contributed by atoms with E-state index in [-0.39, 0.29) is 36.8 Å². The number of likely N-dealkylation sites (N-methyl/N-ethyl adjacent to an activating group) is 1. The molecule has 172 valence electrons. The molecule has 0 bridgehead atoms. The van der Waals surface area contributed by atoms with Crippen LogP contribution in [0.5, 0.6) is 11.5 Å². The highest BCUT2D eigenvalue weighted by Crippen LogP contribution is 2.37. The lowest BCUT2D eigenvalue weighted by atomic mass is 10.1. The van der Waals surface area contributed by atoms with Crippen molar-refractivity contribution in [3.05, 3.63) is 64.4 Å². The lowest BCUT2D eigenvalue weighted by Gasteiger charge is -2.19. The third-order valence-electron chi connectivity index (χ3n) is 4.45. The second-order valence-corrected chi connectivity index (χ2v) is 7.70. The molecule has 0 fully saturated rings. The summed E-state index contributed by atoms with van der Waals surface area (Å²) in [5.41, 5.74) is 1.43. The van der Waals surface area contributed by atoms with Crippen molar-refractivity contribution in [1.29, 1.82) is 0 Å². The first-order valence-electron chi connectivity index (χ1n) is 10.3. The smallest absolute Gasteiger partial charge is 0.247 e. The maximum absolute atomic E-state index is 13.0. The van der Waals surface area contributed by atoms with Crippen molar-refractivity contribution < 1.29 is 23.5 Å². The maximum Gasteiger partial charge on any atom is 0.247 e. The van der Waals surface area contributed by atoms with Gasteiger partial charge < -0.3 is 19.7 Å². The molecule has 0 heterocycles. The number of carbonyl (C=O) groups excluding carboxylic acids is 2. The van der Waals surface area contributed by atoms with Crippen LogP contribution in [0.15, 0.2) is 42.5 Å². The van der Waals surface area contributed by atoms with Crippen LogP contribution < -0.4 is 14.8 Å². The summed E-state index contributed by atoms with van der Waals surface area (Å²) >= 11 is 6.32. The van der Waals surface area contributed by atoms with E-state index in [1.807, 2.05) is 13.8 Å². The van der Waals surface area contributed by atoms with Crippen molar-refractivity contribution in [1.82, 2.24) is 10.2 Å². The second kappa shape index (κ2) is 12.1. The molecule has 6 nitrogen and oxygen atoms in total. The maximum atomic E-state index is 13.0. The summed E-state index contributed by atoms with van der Waals surface area (Å²) in [5.74, 6) is -0.0538. The summed E-state index contributed by atoms with van der Waals surface area (Å²) in [5, 5.41) is 3.10. The second-order valence-electron chi connectivity index (χ2n) is 7.29. The molecule has 2 rings (SSSR count). The van der Waals surface area contributed by atoms with Crippen LogP contribution in [0, 0.1) is 5.82 Å². The minimum Gasteiger partial charge on any atom is -0.493 e. The zero-order valence-corrected chi connectivity index (χ0v) is 19.4. The van der Waals surface area contributed by atoms with Gasteiger partial charge in [0, 0.05) is 19.2 Å². The average molecular weight is 463 g/mol. The number of ether oxygens (including phenoxy) is 2. The van der Waals surface area contributed by atoms with Gasteiger partial charge in [-0.05, 0) is 62.2 Å². The third kappa shape index (κ3) is 7.57. The SMILES string of the molecule is CCN(CC(=O)NCc1ccc(F)cc1)C(=O)C=Cc1cc(Cl)c(OC(C)C)c(OC)c1. The highest BCUT2D eigenvalue weighted by atomic mass is 35.5. The van der Waals surface area contributed by atoms with Gasteiger partial charge in [-0.2, -0.15) is 0 Å². The zero-order valence-electron chi connectivity index (χ0n) is 18.7. The Morgan fingerprint density at radius 2 is 1.91 bits per heavy atom. The van der Waals surface area contributed by atoms with Crippen LogP contribution in [0.25, 0.3) is 6.08 Å². The average Bonchev–Trinajstić information content (AvgIpc) is 2.76. The van der Waals surface area contributed by atoms with Crippen molar-refractivity contribution in [3.63, 3.8) is 0 Å². The first-order chi connectivity index (χ1) is 15.2. The number of nitrogens with one attached hydrogen (secondary N) is 1. The molecular formula is C24H28ClFN2O4. The summed E-state index contributed by atoms with van der Waals surface area (Å²) in [7, 11) is 1.51. The van der Waals surface area contributed by atoms with E-state index in [4.69, 9.17) is 21.1 Å². The molecule has 0 aliphatic carbocycles. The number of carbonyl (C=O) groups is 2. The Balaban J connectivity index is 2.00. The number of benzene rings is 2. The number of amides is 2. The molecule has 32 heavy (non-hydrogen) atoms. The van der Waals surface area contributed by atoms with Gasteiger partial charge in [-0.15, -0.1) is 0 Å². The summed E-state index contributed by atoms with van der Waals surface area (Å²) in [6.45, 7) is 6.08. The molecule has 1 N–H and O–H groups in total. The minimum atomic E-state index is -0.337. The minimum absolute atomic E-state index is 0.0725. The quantitative estimate of drug-likeness (QED) is 0.529. The molecule has 2 amide bonds. The van der Waals surface area contributed by atoms with Gasteiger partial charge in [0.2, 0.25) is 11.8 Å². The van der Waals surface area contributed by atoms with Crippen molar-refractivity contribution in [2.75, 3.05) is 20.2 Å². The normalized spacial score (nSPS) is 11.0. The zero-order chi connectivity index (χ0) is 23.7.